The van der Waals surface area contributed by atoms with Crippen LogP contribution in [0.15, 0.2) is 59.9 Å². The Morgan fingerprint density at radius 3 is 2.38 bits per heavy atom. The highest BCUT2D eigenvalue weighted by molar-refractivity contribution is 5.79. The Morgan fingerprint density at radius 1 is 1.00 bits per heavy atom. The van der Waals surface area contributed by atoms with Gasteiger partial charge in [0.25, 0.3) is 0 Å². The monoisotopic (exact) mass is 347 g/mol. The van der Waals surface area contributed by atoms with Gasteiger partial charge in [-0.05, 0) is 22.3 Å². The van der Waals surface area contributed by atoms with Crippen molar-refractivity contribution in [2.24, 2.45) is 0 Å². The fraction of sp³-hybridized carbons (Fsp3) is 0.286. The first kappa shape index (κ1) is 15.3. The van der Waals surface area contributed by atoms with E-state index in [1.807, 2.05) is 0 Å². The summed E-state index contributed by atoms with van der Waals surface area (Å²) in [7, 11) is 0. The van der Waals surface area contributed by atoms with Crippen molar-refractivity contribution in [3.8, 4) is 11.1 Å². The number of rotatable bonds is 2. The fourth-order valence-electron chi connectivity index (χ4n) is 4.22. The molecule has 3 aliphatic rings. The quantitative estimate of drug-likeness (QED) is 0.877. The molecule has 5 rings (SSSR count). The highest BCUT2D eigenvalue weighted by Crippen LogP contribution is 2.44. The van der Waals surface area contributed by atoms with E-state index in [4.69, 9.17) is 4.74 Å². The molecule has 2 heterocycles. The Labute approximate surface area is 152 Å². The van der Waals surface area contributed by atoms with E-state index >= 15 is 0 Å². The summed E-state index contributed by atoms with van der Waals surface area (Å²) < 4.78 is 5.74. The molecule has 0 saturated heterocycles. The Morgan fingerprint density at radius 2 is 1.65 bits per heavy atom. The number of hydrogen-bond donors (Lipinski definition) is 2. The maximum Gasteiger partial charge on any atom is 0.410 e. The first-order chi connectivity index (χ1) is 12.8. The van der Waals surface area contributed by atoms with Gasteiger partial charge in [0.05, 0.1) is 18.9 Å². The topological polar surface area (TPSA) is 53.6 Å². The Bertz CT molecular complexity index is 860. The molecular weight excluding hydrogens is 326 g/mol. The zero-order chi connectivity index (χ0) is 17.5. The third-order valence-electron chi connectivity index (χ3n) is 5.54. The number of ether oxygens (including phenoxy) is 1. The normalized spacial score (nSPS) is 17.9. The van der Waals surface area contributed by atoms with Gasteiger partial charge in [0.15, 0.2) is 0 Å². The number of carbonyl (C=O) groups excluding carboxylic acids is 1. The molecule has 0 fully saturated rings. The minimum Gasteiger partial charge on any atom is -0.448 e. The molecule has 5 heteroatoms. The molecule has 132 valence electrons. The van der Waals surface area contributed by atoms with Gasteiger partial charge in [0.2, 0.25) is 0 Å². The van der Waals surface area contributed by atoms with Crippen molar-refractivity contribution >= 4 is 6.09 Å². The van der Waals surface area contributed by atoms with Crippen LogP contribution < -0.4 is 10.6 Å². The second-order valence-electron chi connectivity index (χ2n) is 6.96. The van der Waals surface area contributed by atoms with Gasteiger partial charge in [-0.1, -0.05) is 48.5 Å². The predicted octanol–water partition coefficient (Wildman–Crippen LogP) is 3.00. The molecule has 0 bridgehead atoms. The molecule has 26 heavy (non-hydrogen) atoms. The van der Waals surface area contributed by atoms with Crippen LogP contribution >= 0.6 is 0 Å². The van der Waals surface area contributed by atoms with E-state index in [2.05, 4.69) is 59.2 Å². The molecule has 2 aliphatic heterocycles. The minimum atomic E-state index is -0.230. The van der Waals surface area contributed by atoms with Gasteiger partial charge in [-0.2, -0.15) is 0 Å². The number of nitrogens with one attached hydrogen (secondary N) is 2. The second kappa shape index (κ2) is 6.09. The second-order valence-corrected chi connectivity index (χ2v) is 6.96. The van der Waals surface area contributed by atoms with Crippen LogP contribution in [0.1, 0.15) is 23.5 Å². The molecule has 0 aromatic heterocycles. The van der Waals surface area contributed by atoms with Crippen molar-refractivity contribution < 1.29 is 9.53 Å². The van der Waals surface area contributed by atoms with Crippen LogP contribution in [0.3, 0.4) is 0 Å². The van der Waals surface area contributed by atoms with E-state index < -0.39 is 0 Å². The molecule has 1 aliphatic carbocycles. The lowest BCUT2D eigenvalue weighted by molar-refractivity contribution is 0.101. The third-order valence-corrected chi connectivity index (χ3v) is 5.54. The Hall–Kier alpha value is -2.95. The first-order valence-corrected chi connectivity index (χ1v) is 9.11. The molecule has 1 amide bonds. The molecule has 0 saturated carbocycles. The molecule has 2 aromatic rings. The van der Waals surface area contributed by atoms with Crippen LogP contribution in [0.25, 0.3) is 11.1 Å². The standard InChI is InChI=1S/C21H21N3O2/c25-21(24-10-9-19-20(11-24)23-13-22-19)26-12-18-16-7-3-1-5-14(16)15-6-2-4-8-17(15)18/h1-8,18,22-23H,9-13H2. The van der Waals surface area contributed by atoms with E-state index in [0.717, 1.165) is 18.8 Å². The van der Waals surface area contributed by atoms with Crippen molar-refractivity contribution in [1.29, 1.82) is 0 Å². The molecule has 2 aromatic carbocycles. The molecule has 0 spiro atoms. The average Bonchev–Trinajstić information content (AvgIpc) is 3.28. The zero-order valence-corrected chi connectivity index (χ0v) is 14.5. The van der Waals surface area contributed by atoms with E-state index in [0.29, 0.717) is 19.7 Å². The van der Waals surface area contributed by atoms with Crippen LogP contribution in [0.4, 0.5) is 4.79 Å². The maximum atomic E-state index is 12.6. The fourth-order valence-corrected chi connectivity index (χ4v) is 4.22. The number of benzene rings is 2. The predicted molar refractivity (Wildman–Crippen MR) is 99.4 cm³/mol. The van der Waals surface area contributed by atoms with Gasteiger partial charge >= 0.3 is 6.09 Å². The van der Waals surface area contributed by atoms with E-state index in [-0.39, 0.29) is 12.0 Å². The number of hydrogen-bond acceptors (Lipinski definition) is 4. The molecule has 5 nitrogen and oxygen atoms in total. The van der Waals surface area contributed by atoms with Crippen LogP contribution in [0.2, 0.25) is 0 Å². The molecule has 0 unspecified atom stereocenters. The van der Waals surface area contributed by atoms with E-state index in [1.54, 1.807) is 4.90 Å². The molecular formula is C21H21N3O2. The van der Waals surface area contributed by atoms with Crippen molar-refractivity contribution in [2.75, 3.05) is 26.4 Å². The minimum absolute atomic E-state index is 0.109. The maximum absolute atomic E-state index is 12.6. The summed E-state index contributed by atoms with van der Waals surface area (Å²) in [5, 5.41) is 6.59. The van der Waals surface area contributed by atoms with Crippen LogP contribution in [-0.4, -0.2) is 37.4 Å². The van der Waals surface area contributed by atoms with Crippen molar-refractivity contribution in [3.63, 3.8) is 0 Å². The average molecular weight is 347 g/mol. The van der Waals surface area contributed by atoms with E-state index in [9.17, 15) is 4.79 Å². The molecule has 0 radical (unpaired) electrons. The van der Waals surface area contributed by atoms with Gasteiger partial charge in [-0.15, -0.1) is 0 Å². The number of carbonyl (C=O) groups is 1. The number of amides is 1. The highest BCUT2D eigenvalue weighted by atomic mass is 16.6. The van der Waals surface area contributed by atoms with E-state index in [1.165, 1.54) is 28.0 Å². The first-order valence-electron chi connectivity index (χ1n) is 9.11. The summed E-state index contributed by atoms with van der Waals surface area (Å²) in [6, 6.07) is 16.8. The smallest absolute Gasteiger partial charge is 0.410 e. The zero-order valence-electron chi connectivity index (χ0n) is 14.5. The van der Waals surface area contributed by atoms with Gasteiger partial charge in [-0.3, -0.25) is 0 Å². The lowest BCUT2D eigenvalue weighted by Gasteiger charge is -2.27. The Kier molecular flexibility index (Phi) is 3.59. The summed E-state index contributed by atoms with van der Waals surface area (Å²) in [6.45, 7) is 2.42. The van der Waals surface area contributed by atoms with Crippen LogP contribution in [-0.2, 0) is 4.74 Å². The van der Waals surface area contributed by atoms with Gasteiger partial charge in [-0.25, -0.2) is 4.79 Å². The third kappa shape index (κ3) is 2.43. The lowest BCUT2D eigenvalue weighted by Crippen LogP contribution is -2.39. The summed E-state index contributed by atoms with van der Waals surface area (Å²) in [6.07, 6.45) is 0.624. The number of fused-ring (bicyclic) bond motifs is 3. The summed E-state index contributed by atoms with van der Waals surface area (Å²) in [5.74, 6) is 0.109. The highest BCUT2D eigenvalue weighted by Gasteiger charge is 2.31. The van der Waals surface area contributed by atoms with Gasteiger partial charge in [0, 0.05) is 24.6 Å². The lowest BCUT2D eigenvalue weighted by atomic mass is 9.98. The van der Waals surface area contributed by atoms with Gasteiger partial charge < -0.3 is 20.3 Å². The summed E-state index contributed by atoms with van der Waals surface area (Å²) in [4.78, 5) is 14.4. The molecule has 0 atom stereocenters. The van der Waals surface area contributed by atoms with Crippen LogP contribution in [0.5, 0.6) is 0 Å². The van der Waals surface area contributed by atoms with Crippen molar-refractivity contribution in [1.82, 2.24) is 15.5 Å². The van der Waals surface area contributed by atoms with Crippen molar-refractivity contribution in [2.45, 2.75) is 12.3 Å². The molecule has 2 N–H and O–H groups in total. The summed E-state index contributed by atoms with van der Waals surface area (Å²) >= 11 is 0. The SMILES string of the molecule is O=C(OCC1c2ccccc2-c2ccccc21)N1CCC2=C(C1)NCN2. The van der Waals surface area contributed by atoms with Gasteiger partial charge in [0.1, 0.15) is 6.61 Å². The van der Waals surface area contributed by atoms with Crippen LogP contribution in [0, 0.1) is 0 Å². The number of nitrogens with zero attached hydrogens (tertiary/aromatic N) is 1. The van der Waals surface area contributed by atoms with Crippen molar-refractivity contribution in [3.05, 3.63) is 71.1 Å². The Balaban J connectivity index is 1.32. The summed E-state index contributed by atoms with van der Waals surface area (Å²) in [5.41, 5.74) is 7.33. The largest absolute Gasteiger partial charge is 0.448 e.